The molecule has 2 aliphatic heterocycles. The maximum atomic E-state index is 11.2. The molecule has 0 aliphatic carbocycles. The van der Waals surface area contributed by atoms with Crippen LogP contribution in [0.3, 0.4) is 0 Å². The maximum Gasteiger partial charge on any atom is 0.277 e. The van der Waals surface area contributed by atoms with Crippen LogP contribution in [0.25, 0.3) is 11.1 Å². The Kier molecular flexibility index (Phi) is 1.55. The fourth-order valence-corrected chi connectivity index (χ4v) is 1.06. The van der Waals surface area contributed by atoms with Crippen molar-refractivity contribution in [3.8, 4) is 11.1 Å². The van der Waals surface area contributed by atoms with Crippen LogP contribution in [0.4, 0.5) is 0 Å². The highest BCUT2D eigenvalue weighted by Gasteiger charge is 2.01. The number of nitrogens with zero attached hydrogens (tertiary/aromatic N) is 2. The lowest BCUT2D eigenvalue weighted by Crippen LogP contribution is -2.06. The zero-order valence-corrected chi connectivity index (χ0v) is 6.27. The largest absolute Gasteiger partial charge is 0.277 e. The molecule has 0 aromatic carbocycles. The van der Waals surface area contributed by atoms with Gasteiger partial charge in [-0.15, -0.1) is 0 Å². The number of aromatic nitrogens is 2. The second-order valence-corrected chi connectivity index (χ2v) is 2.41. The summed E-state index contributed by atoms with van der Waals surface area (Å²) in [4.78, 5) is 18.8. The van der Waals surface area contributed by atoms with E-state index in [1.54, 1.807) is 30.6 Å². The van der Waals surface area contributed by atoms with Gasteiger partial charge in [0.25, 0.3) is 5.56 Å². The SMILES string of the molecule is O=c1nccc2cncccc1-2. The topological polar surface area (TPSA) is 42.9 Å². The predicted octanol–water partition coefficient (Wildman–Crippen LogP) is 0.942. The Hall–Kier alpha value is -1.77. The number of rotatable bonds is 0. The Morgan fingerprint density at radius 3 is 3.00 bits per heavy atom. The van der Waals surface area contributed by atoms with Crippen molar-refractivity contribution in [2.45, 2.75) is 0 Å². The highest BCUT2D eigenvalue weighted by atomic mass is 16.1. The Labute approximate surface area is 69.1 Å². The van der Waals surface area contributed by atoms with Crippen molar-refractivity contribution in [2.75, 3.05) is 0 Å². The van der Waals surface area contributed by atoms with E-state index in [9.17, 15) is 4.79 Å². The minimum atomic E-state index is -0.203. The molecule has 2 aliphatic rings. The van der Waals surface area contributed by atoms with Crippen LogP contribution in [0.15, 0.2) is 41.6 Å². The quantitative estimate of drug-likeness (QED) is 0.573. The van der Waals surface area contributed by atoms with Gasteiger partial charge in [-0.2, -0.15) is 0 Å². The molecule has 0 radical (unpaired) electrons. The molecular weight excluding hydrogens is 152 g/mol. The lowest BCUT2D eigenvalue weighted by atomic mass is 10.1. The van der Waals surface area contributed by atoms with Crippen molar-refractivity contribution in [3.05, 3.63) is 47.1 Å². The summed E-state index contributed by atoms with van der Waals surface area (Å²) in [6.07, 6.45) is 4.78. The summed E-state index contributed by atoms with van der Waals surface area (Å²) < 4.78 is 0. The van der Waals surface area contributed by atoms with Crippen LogP contribution >= 0.6 is 0 Å². The second kappa shape index (κ2) is 2.70. The Morgan fingerprint density at radius 2 is 2.08 bits per heavy atom. The molecule has 0 fully saturated rings. The van der Waals surface area contributed by atoms with Crippen LogP contribution in [-0.2, 0) is 0 Å². The van der Waals surface area contributed by atoms with Crippen molar-refractivity contribution < 1.29 is 0 Å². The first-order chi connectivity index (χ1) is 5.88. The van der Waals surface area contributed by atoms with Crippen LogP contribution in [0.1, 0.15) is 0 Å². The number of hydrogen-bond donors (Lipinski definition) is 0. The first-order valence-electron chi connectivity index (χ1n) is 3.57. The van der Waals surface area contributed by atoms with Gasteiger partial charge in [-0.1, -0.05) is 0 Å². The molecule has 0 atom stereocenters. The van der Waals surface area contributed by atoms with Gasteiger partial charge in [-0.3, -0.25) is 9.78 Å². The maximum absolute atomic E-state index is 11.2. The molecule has 3 heteroatoms. The summed E-state index contributed by atoms with van der Waals surface area (Å²) in [5, 5.41) is 0. The normalized spacial score (nSPS) is 10.0. The molecular formula is C9H6N2O. The van der Waals surface area contributed by atoms with E-state index >= 15 is 0 Å². The van der Waals surface area contributed by atoms with E-state index in [2.05, 4.69) is 9.97 Å². The fraction of sp³-hybridized carbons (Fsp3) is 0. The molecule has 0 spiro atoms. The van der Waals surface area contributed by atoms with Crippen LogP contribution in [0.5, 0.6) is 0 Å². The van der Waals surface area contributed by atoms with Gasteiger partial charge in [0.2, 0.25) is 0 Å². The van der Waals surface area contributed by atoms with E-state index in [1.807, 2.05) is 0 Å². The van der Waals surface area contributed by atoms with Crippen molar-refractivity contribution in [1.29, 1.82) is 0 Å². The van der Waals surface area contributed by atoms with Crippen molar-refractivity contribution in [2.24, 2.45) is 0 Å². The van der Waals surface area contributed by atoms with E-state index in [1.165, 1.54) is 6.20 Å². The minimum Gasteiger partial charge on any atom is -0.267 e. The van der Waals surface area contributed by atoms with Crippen molar-refractivity contribution in [3.63, 3.8) is 0 Å². The Morgan fingerprint density at radius 1 is 1.17 bits per heavy atom. The number of pyridine rings is 1. The summed E-state index contributed by atoms with van der Waals surface area (Å²) >= 11 is 0. The van der Waals surface area contributed by atoms with Gasteiger partial charge in [-0.25, -0.2) is 4.98 Å². The first-order valence-corrected chi connectivity index (χ1v) is 3.57. The minimum absolute atomic E-state index is 0.203. The zero-order valence-electron chi connectivity index (χ0n) is 6.27. The van der Waals surface area contributed by atoms with Crippen LogP contribution in [0, 0.1) is 0 Å². The number of hydrogen-bond acceptors (Lipinski definition) is 3. The van der Waals surface area contributed by atoms with E-state index in [-0.39, 0.29) is 5.56 Å². The lowest BCUT2D eigenvalue weighted by Gasteiger charge is -1.93. The molecule has 0 unspecified atom stereocenters. The summed E-state index contributed by atoms with van der Waals surface area (Å²) in [6.45, 7) is 0. The van der Waals surface area contributed by atoms with Crippen LogP contribution in [0.2, 0.25) is 0 Å². The molecule has 0 aromatic rings. The van der Waals surface area contributed by atoms with Gasteiger partial charge < -0.3 is 0 Å². The van der Waals surface area contributed by atoms with Gasteiger partial charge in [0, 0.05) is 24.2 Å². The van der Waals surface area contributed by atoms with E-state index < -0.39 is 0 Å². The summed E-state index contributed by atoms with van der Waals surface area (Å²) in [6, 6.07) is 5.22. The molecule has 0 saturated heterocycles. The number of fused-ring (bicyclic) bond motifs is 1. The van der Waals surface area contributed by atoms with Crippen molar-refractivity contribution >= 4 is 0 Å². The van der Waals surface area contributed by atoms with E-state index in [0.29, 0.717) is 5.56 Å². The van der Waals surface area contributed by atoms with Gasteiger partial charge in [0.1, 0.15) is 0 Å². The van der Waals surface area contributed by atoms with Crippen LogP contribution in [-0.4, -0.2) is 9.97 Å². The third kappa shape index (κ3) is 1.05. The molecule has 0 amide bonds. The average Bonchev–Trinajstić information content (AvgIpc) is 2.30. The molecule has 3 nitrogen and oxygen atoms in total. The third-order valence-corrected chi connectivity index (χ3v) is 1.64. The zero-order chi connectivity index (χ0) is 8.39. The molecule has 0 N–H and O–H groups in total. The molecule has 12 heavy (non-hydrogen) atoms. The van der Waals surface area contributed by atoms with E-state index in [0.717, 1.165) is 5.56 Å². The predicted molar refractivity (Wildman–Crippen MR) is 44.9 cm³/mol. The molecule has 0 bridgehead atoms. The monoisotopic (exact) mass is 158 g/mol. The highest BCUT2D eigenvalue weighted by molar-refractivity contribution is 5.60. The summed E-state index contributed by atoms with van der Waals surface area (Å²) in [7, 11) is 0. The summed E-state index contributed by atoms with van der Waals surface area (Å²) in [5.74, 6) is 0. The fourth-order valence-electron chi connectivity index (χ4n) is 1.06. The molecule has 0 saturated carbocycles. The lowest BCUT2D eigenvalue weighted by molar-refractivity contribution is 1.24. The molecule has 58 valence electrons. The molecule has 2 rings (SSSR count). The average molecular weight is 158 g/mol. The Bertz CT molecular complexity index is 428. The van der Waals surface area contributed by atoms with Crippen molar-refractivity contribution in [1.82, 2.24) is 9.97 Å². The van der Waals surface area contributed by atoms with Gasteiger partial charge >= 0.3 is 0 Å². The summed E-state index contributed by atoms with van der Waals surface area (Å²) in [5.41, 5.74) is 1.22. The van der Waals surface area contributed by atoms with Gasteiger partial charge in [0.05, 0.1) is 5.56 Å². The van der Waals surface area contributed by atoms with E-state index in [4.69, 9.17) is 0 Å². The standard InChI is InChI=1S/C9H6N2O/c12-9-8-2-1-4-10-6-7(8)3-5-11-9/h1-6H. The van der Waals surface area contributed by atoms with Gasteiger partial charge in [-0.05, 0) is 18.2 Å². The second-order valence-electron chi connectivity index (χ2n) is 2.41. The first kappa shape index (κ1) is 6.91. The molecule has 2 heterocycles. The smallest absolute Gasteiger partial charge is 0.267 e. The Balaban J connectivity index is 2.88. The highest BCUT2D eigenvalue weighted by Crippen LogP contribution is 2.11. The molecule has 0 aromatic heterocycles. The van der Waals surface area contributed by atoms with Gasteiger partial charge in [0.15, 0.2) is 0 Å². The third-order valence-electron chi connectivity index (χ3n) is 1.64. The van der Waals surface area contributed by atoms with Crippen LogP contribution < -0.4 is 5.56 Å².